The Balaban J connectivity index is 2.16. The fourth-order valence-corrected chi connectivity index (χ4v) is 5.80. The van der Waals surface area contributed by atoms with Crippen LogP contribution in [0.15, 0.2) is 69.1 Å². The Labute approximate surface area is 238 Å². The van der Waals surface area contributed by atoms with Gasteiger partial charge in [0.05, 0.1) is 5.71 Å². The molecular weight excluding hydrogens is 534 g/mol. The van der Waals surface area contributed by atoms with Gasteiger partial charge < -0.3 is 10.6 Å². The lowest BCUT2D eigenvalue weighted by Crippen LogP contribution is -2.42. The zero-order valence-electron chi connectivity index (χ0n) is 23.3. The summed E-state index contributed by atoms with van der Waals surface area (Å²) < 4.78 is 32.0. The number of rotatable bonds is 10. The van der Waals surface area contributed by atoms with E-state index in [0.29, 0.717) is 44.2 Å². The van der Waals surface area contributed by atoms with E-state index in [2.05, 4.69) is 35.4 Å². The van der Waals surface area contributed by atoms with Crippen LogP contribution in [0, 0.1) is 0 Å². The largest absolute Gasteiger partial charge is 0.369 e. The minimum absolute atomic E-state index is 0.00210. The average Bonchev–Trinajstić information content (AvgIpc) is 2.93. The normalized spacial score (nSPS) is 16.9. The summed E-state index contributed by atoms with van der Waals surface area (Å²) in [5.74, 6) is 0.178. The Morgan fingerprint density at radius 3 is 2.21 bits per heavy atom. The Bertz CT molecular complexity index is 1250. The molecule has 1 aliphatic heterocycles. The summed E-state index contributed by atoms with van der Waals surface area (Å²) in [7, 11) is -4.01. The fraction of sp³-hybridized carbons (Fsp3) is 0.464. The van der Waals surface area contributed by atoms with Crippen molar-refractivity contribution in [2.45, 2.75) is 52.9 Å². The topological polar surface area (TPSA) is 107 Å². The van der Waals surface area contributed by atoms with Gasteiger partial charge in [0.1, 0.15) is 0 Å². The van der Waals surface area contributed by atoms with Gasteiger partial charge in [0.25, 0.3) is 5.96 Å². The molecule has 0 saturated carbocycles. The number of hydrogen-bond acceptors (Lipinski definition) is 3. The van der Waals surface area contributed by atoms with E-state index in [0.717, 1.165) is 29.7 Å². The molecule has 0 bridgehead atoms. The van der Waals surface area contributed by atoms with Gasteiger partial charge in [-0.05, 0) is 42.5 Å². The molecule has 2 aromatic carbocycles. The van der Waals surface area contributed by atoms with E-state index in [1.807, 2.05) is 47.4 Å². The second-order valence-electron chi connectivity index (χ2n) is 9.28. The van der Waals surface area contributed by atoms with Crippen molar-refractivity contribution in [2.75, 3.05) is 32.7 Å². The van der Waals surface area contributed by atoms with Crippen LogP contribution in [-0.4, -0.2) is 73.0 Å². The Kier molecular flexibility index (Phi) is 11.3. The predicted octanol–water partition coefficient (Wildman–Crippen LogP) is 4.91. The monoisotopic (exact) mass is 573 g/mol. The molecule has 1 aliphatic rings. The molecular formula is C28H40ClN7O2S. The number of guanidine groups is 2. The number of aliphatic imine (C=N–C) groups is 1. The first kappa shape index (κ1) is 30.6. The van der Waals surface area contributed by atoms with Crippen molar-refractivity contribution in [3.63, 3.8) is 0 Å². The van der Waals surface area contributed by atoms with Crippen LogP contribution in [0.4, 0.5) is 0 Å². The first-order chi connectivity index (χ1) is 18.7. The third-order valence-electron chi connectivity index (χ3n) is 6.52. The highest BCUT2D eigenvalue weighted by Crippen LogP contribution is 2.30. The minimum atomic E-state index is -4.01. The molecule has 0 fully saturated rings. The molecule has 11 heteroatoms. The Hall–Kier alpha value is -2.95. The van der Waals surface area contributed by atoms with Crippen molar-refractivity contribution < 1.29 is 8.42 Å². The molecule has 2 aromatic rings. The van der Waals surface area contributed by atoms with Crippen molar-refractivity contribution in [1.82, 2.24) is 14.2 Å². The number of halogens is 1. The van der Waals surface area contributed by atoms with Gasteiger partial charge in [0.15, 0.2) is 5.96 Å². The summed E-state index contributed by atoms with van der Waals surface area (Å²) in [6.45, 7) is 10.1. The second kappa shape index (κ2) is 14.4. The van der Waals surface area contributed by atoms with Gasteiger partial charge in [-0.1, -0.05) is 81.8 Å². The van der Waals surface area contributed by atoms with E-state index in [9.17, 15) is 8.42 Å². The van der Waals surface area contributed by atoms with Crippen LogP contribution in [0.1, 0.15) is 64.0 Å². The number of hydrogen-bond donors (Lipinski definition) is 1. The standard InChI is InChI=1S/C28H40ClN7O2S/c1-5-19-34(20-6-2)27(30)31-28(33-39(37,38)35(7-3)8-4)36-21-18-25(22-12-10-9-11-13-22)26(32-36)23-14-16-24(29)17-15-23/h9-17,25H,5-8,18-21H2,1-4H3,(H2,30,31,33). The Morgan fingerprint density at radius 1 is 1.03 bits per heavy atom. The molecule has 3 rings (SSSR count). The maximum Gasteiger partial charge on any atom is 0.325 e. The molecule has 39 heavy (non-hydrogen) atoms. The van der Waals surface area contributed by atoms with E-state index in [-0.39, 0.29) is 17.8 Å². The molecule has 212 valence electrons. The molecule has 9 nitrogen and oxygen atoms in total. The molecule has 1 atom stereocenters. The average molecular weight is 574 g/mol. The third kappa shape index (κ3) is 8.03. The highest BCUT2D eigenvalue weighted by atomic mass is 35.5. The summed E-state index contributed by atoms with van der Waals surface area (Å²) in [6.07, 6.45) is 2.43. The summed E-state index contributed by atoms with van der Waals surface area (Å²) >= 11 is 6.17. The maximum absolute atomic E-state index is 13.2. The smallest absolute Gasteiger partial charge is 0.325 e. The quantitative estimate of drug-likeness (QED) is 0.321. The molecule has 0 amide bonds. The first-order valence-electron chi connectivity index (χ1n) is 13.6. The lowest BCUT2D eigenvalue weighted by Gasteiger charge is -2.31. The lowest BCUT2D eigenvalue weighted by molar-refractivity contribution is 0.392. The highest BCUT2D eigenvalue weighted by molar-refractivity contribution is 7.87. The van der Waals surface area contributed by atoms with Crippen molar-refractivity contribution in [1.29, 1.82) is 0 Å². The number of benzene rings is 2. The summed E-state index contributed by atoms with van der Waals surface area (Å²) in [5, 5.41) is 7.14. The van der Waals surface area contributed by atoms with Gasteiger partial charge in [-0.3, -0.25) is 0 Å². The zero-order chi connectivity index (χ0) is 28.4. The molecule has 0 spiro atoms. The van der Waals surface area contributed by atoms with Gasteiger partial charge in [-0.15, -0.1) is 4.40 Å². The first-order valence-corrected chi connectivity index (χ1v) is 15.4. The lowest BCUT2D eigenvalue weighted by atomic mass is 9.86. The van der Waals surface area contributed by atoms with Gasteiger partial charge in [0.2, 0.25) is 0 Å². The van der Waals surface area contributed by atoms with Crippen LogP contribution >= 0.6 is 11.6 Å². The van der Waals surface area contributed by atoms with Crippen molar-refractivity contribution in [3.05, 3.63) is 70.7 Å². The Morgan fingerprint density at radius 2 is 1.64 bits per heavy atom. The molecule has 1 unspecified atom stereocenters. The number of hydrazone groups is 1. The van der Waals surface area contributed by atoms with Crippen LogP contribution in [0.3, 0.4) is 0 Å². The van der Waals surface area contributed by atoms with E-state index in [4.69, 9.17) is 22.4 Å². The van der Waals surface area contributed by atoms with Crippen LogP contribution < -0.4 is 5.73 Å². The van der Waals surface area contributed by atoms with Crippen LogP contribution in [0.5, 0.6) is 0 Å². The summed E-state index contributed by atoms with van der Waals surface area (Å²) in [5.41, 5.74) is 9.23. The van der Waals surface area contributed by atoms with Gasteiger partial charge in [0, 0.05) is 43.7 Å². The fourth-order valence-electron chi connectivity index (χ4n) is 4.56. The summed E-state index contributed by atoms with van der Waals surface area (Å²) in [4.78, 5) is 6.52. The number of nitrogens with two attached hydrogens (primary N) is 1. The molecule has 0 aromatic heterocycles. The number of nitrogens with zero attached hydrogens (tertiary/aromatic N) is 6. The van der Waals surface area contributed by atoms with Crippen molar-refractivity contribution in [2.24, 2.45) is 20.2 Å². The molecule has 0 radical (unpaired) electrons. The van der Waals surface area contributed by atoms with Crippen LogP contribution in [0.25, 0.3) is 0 Å². The van der Waals surface area contributed by atoms with Gasteiger partial charge >= 0.3 is 10.2 Å². The van der Waals surface area contributed by atoms with E-state index >= 15 is 0 Å². The predicted molar refractivity (Wildman–Crippen MR) is 162 cm³/mol. The zero-order valence-corrected chi connectivity index (χ0v) is 24.9. The summed E-state index contributed by atoms with van der Waals surface area (Å²) in [6, 6.07) is 17.6. The van der Waals surface area contributed by atoms with E-state index in [1.54, 1.807) is 18.9 Å². The van der Waals surface area contributed by atoms with Crippen molar-refractivity contribution in [3.8, 4) is 0 Å². The van der Waals surface area contributed by atoms with Crippen LogP contribution in [0.2, 0.25) is 5.02 Å². The maximum atomic E-state index is 13.2. The molecule has 2 N–H and O–H groups in total. The minimum Gasteiger partial charge on any atom is -0.369 e. The molecule has 0 saturated heterocycles. The van der Waals surface area contributed by atoms with E-state index in [1.165, 1.54) is 4.31 Å². The van der Waals surface area contributed by atoms with Gasteiger partial charge in [-0.25, -0.2) is 5.01 Å². The highest BCUT2D eigenvalue weighted by Gasteiger charge is 2.30. The molecule has 0 aliphatic carbocycles. The van der Waals surface area contributed by atoms with Crippen molar-refractivity contribution >= 4 is 39.4 Å². The van der Waals surface area contributed by atoms with Crippen LogP contribution in [-0.2, 0) is 10.2 Å². The van der Waals surface area contributed by atoms with Gasteiger partial charge in [-0.2, -0.15) is 22.8 Å². The third-order valence-corrected chi connectivity index (χ3v) is 8.33. The van der Waals surface area contributed by atoms with E-state index < -0.39 is 10.2 Å². The SMILES string of the molecule is CCCN(CCC)/C(N)=N/C(=N\S(=O)(=O)N(CC)CC)N1CCC(c2ccccc2)C(c2ccc(Cl)cc2)=N1. The molecule has 1 heterocycles. The second-order valence-corrected chi connectivity index (χ2v) is 11.3.